The van der Waals surface area contributed by atoms with Crippen molar-refractivity contribution in [3.63, 3.8) is 0 Å². The number of nitrogens with zero attached hydrogens (tertiary/aromatic N) is 1. The van der Waals surface area contributed by atoms with Gasteiger partial charge in [-0.05, 0) is 18.8 Å². The molecule has 4 nitrogen and oxygen atoms in total. The molecule has 0 spiro atoms. The molecule has 1 aliphatic rings. The van der Waals surface area contributed by atoms with Gasteiger partial charge in [0.1, 0.15) is 0 Å². The van der Waals surface area contributed by atoms with Gasteiger partial charge in [-0.15, -0.1) is 5.16 Å². The Labute approximate surface area is 77.3 Å². The molecule has 0 heterocycles. The van der Waals surface area contributed by atoms with Crippen LogP contribution in [0.4, 0.5) is 0 Å². The average Bonchev–Trinajstić information content (AvgIpc) is 2.15. The first-order valence-electron chi connectivity index (χ1n) is 4.66. The van der Waals surface area contributed by atoms with Crippen molar-refractivity contribution in [1.29, 1.82) is 0 Å². The van der Waals surface area contributed by atoms with Crippen LogP contribution in [0.5, 0.6) is 0 Å². The summed E-state index contributed by atoms with van der Waals surface area (Å²) in [5.74, 6) is -1.34. The van der Waals surface area contributed by atoms with Crippen molar-refractivity contribution in [2.24, 2.45) is 17.0 Å². The summed E-state index contributed by atoms with van der Waals surface area (Å²) < 4.78 is 0. The first-order valence-corrected chi connectivity index (χ1v) is 4.66. The van der Waals surface area contributed by atoms with E-state index >= 15 is 0 Å². The third-order valence-electron chi connectivity index (χ3n) is 2.67. The number of carbonyl (C=O) groups is 1. The molecule has 0 amide bonds. The van der Waals surface area contributed by atoms with Gasteiger partial charge < -0.3 is 10.3 Å². The van der Waals surface area contributed by atoms with Crippen LogP contribution >= 0.6 is 0 Å². The molecule has 1 saturated carbocycles. The number of hydrogen-bond donors (Lipinski definition) is 2. The summed E-state index contributed by atoms with van der Waals surface area (Å²) in [4.78, 5) is 10.8. The van der Waals surface area contributed by atoms with Crippen molar-refractivity contribution in [1.82, 2.24) is 0 Å². The smallest absolute Gasteiger partial charge is 0.312 e. The van der Waals surface area contributed by atoms with E-state index in [-0.39, 0.29) is 5.92 Å². The van der Waals surface area contributed by atoms with Gasteiger partial charge in [-0.2, -0.15) is 0 Å². The lowest BCUT2D eigenvalue weighted by atomic mass is 9.80. The van der Waals surface area contributed by atoms with Crippen LogP contribution in [-0.2, 0) is 4.79 Å². The molecule has 0 saturated heterocycles. The van der Waals surface area contributed by atoms with Gasteiger partial charge in [-0.3, -0.25) is 4.79 Å². The van der Waals surface area contributed by atoms with Crippen LogP contribution in [-0.4, -0.2) is 22.5 Å². The number of rotatable bonds is 3. The predicted octanol–water partition coefficient (Wildman–Crippen LogP) is 1.73. The van der Waals surface area contributed by atoms with Crippen LogP contribution < -0.4 is 0 Å². The Kier molecular flexibility index (Phi) is 3.73. The van der Waals surface area contributed by atoms with Gasteiger partial charge in [0.15, 0.2) is 0 Å². The fourth-order valence-electron chi connectivity index (χ4n) is 1.95. The lowest BCUT2D eigenvalue weighted by Crippen LogP contribution is -2.26. The fraction of sp³-hybridized carbons (Fsp3) is 0.778. The molecular formula is C9H15NO3. The van der Waals surface area contributed by atoms with E-state index in [1.54, 1.807) is 0 Å². The third-order valence-corrected chi connectivity index (χ3v) is 2.67. The number of aliphatic carboxylic acids is 1. The van der Waals surface area contributed by atoms with E-state index in [1.165, 1.54) is 6.42 Å². The Bertz CT molecular complexity index is 197. The Morgan fingerprint density at radius 2 is 2.00 bits per heavy atom. The topological polar surface area (TPSA) is 69.9 Å². The normalized spacial score (nSPS) is 21.8. The van der Waals surface area contributed by atoms with Crippen molar-refractivity contribution >= 4 is 12.2 Å². The van der Waals surface area contributed by atoms with Gasteiger partial charge in [0, 0.05) is 0 Å². The number of hydrogen-bond acceptors (Lipinski definition) is 3. The lowest BCUT2D eigenvalue weighted by Gasteiger charge is -2.24. The molecule has 1 fully saturated rings. The Morgan fingerprint density at radius 1 is 1.38 bits per heavy atom. The predicted molar refractivity (Wildman–Crippen MR) is 48.0 cm³/mol. The fourth-order valence-corrected chi connectivity index (χ4v) is 1.95. The van der Waals surface area contributed by atoms with Crippen LogP contribution in [0.3, 0.4) is 0 Å². The molecule has 0 aromatic carbocycles. The van der Waals surface area contributed by atoms with E-state index in [4.69, 9.17) is 10.3 Å². The monoisotopic (exact) mass is 185 g/mol. The van der Waals surface area contributed by atoms with Crippen molar-refractivity contribution < 1.29 is 15.1 Å². The molecule has 0 aromatic heterocycles. The molecule has 0 radical (unpaired) electrons. The van der Waals surface area contributed by atoms with Crippen LogP contribution in [0.25, 0.3) is 0 Å². The second-order valence-corrected chi connectivity index (χ2v) is 3.53. The molecule has 1 unspecified atom stereocenters. The summed E-state index contributed by atoms with van der Waals surface area (Å²) in [5.41, 5.74) is 0. The first kappa shape index (κ1) is 10.0. The molecule has 4 heteroatoms. The van der Waals surface area contributed by atoms with E-state index in [9.17, 15) is 4.79 Å². The average molecular weight is 185 g/mol. The maximum absolute atomic E-state index is 10.8. The quantitative estimate of drug-likeness (QED) is 0.399. The maximum atomic E-state index is 10.8. The zero-order valence-electron chi connectivity index (χ0n) is 7.52. The van der Waals surface area contributed by atoms with Crippen molar-refractivity contribution in [3.8, 4) is 0 Å². The minimum absolute atomic E-state index is 0.155. The third kappa shape index (κ3) is 2.72. The van der Waals surface area contributed by atoms with Crippen molar-refractivity contribution in [2.45, 2.75) is 32.1 Å². The van der Waals surface area contributed by atoms with Gasteiger partial charge in [-0.1, -0.05) is 19.3 Å². The maximum Gasteiger partial charge on any atom is 0.312 e. The summed E-state index contributed by atoms with van der Waals surface area (Å²) in [6.07, 6.45) is 6.38. The Morgan fingerprint density at radius 3 is 2.46 bits per heavy atom. The highest BCUT2D eigenvalue weighted by atomic mass is 16.4. The number of oxime groups is 1. The highest BCUT2D eigenvalue weighted by molar-refractivity contribution is 5.88. The Balaban J connectivity index is 2.56. The van der Waals surface area contributed by atoms with Crippen LogP contribution in [0.1, 0.15) is 32.1 Å². The SMILES string of the molecule is O=C(O)C(C=NO)C1CCCCC1. The molecule has 2 N–H and O–H groups in total. The summed E-state index contributed by atoms with van der Waals surface area (Å²) in [6.45, 7) is 0. The van der Waals surface area contributed by atoms with E-state index in [0.717, 1.165) is 31.9 Å². The second kappa shape index (κ2) is 4.84. The van der Waals surface area contributed by atoms with E-state index in [0.29, 0.717) is 0 Å². The van der Waals surface area contributed by atoms with Gasteiger partial charge in [0.2, 0.25) is 0 Å². The van der Waals surface area contributed by atoms with E-state index in [1.807, 2.05) is 0 Å². The minimum atomic E-state index is -0.885. The standard InChI is InChI=1S/C9H15NO3/c11-9(12)8(6-10-13)7-4-2-1-3-5-7/h6-8,13H,1-5H2,(H,11,12). The largest absolute Gasteiger partial charge is 0.481 e. The molecule has 0 aromatic rings. The van der Waals surface area contributed by atoms with Crippen molar-refractivity contribution in [3.05, 3.63) is 0 Å². The highest BCUT2D eigenvalue weighted by Crippen LogP contribution is 2.29. The lowest BCUT2D eigenvalue weighted by molar-refractivity contribution is -0.141. The van der Waals surface area contributed by atoms with Gasteiger partial charge in [-0.25, -0.2) is 0 Å². The van der Waals surface area contributed by atoms with Gasteiger partial charge >= 0.3 is 5.97 Å². The molecule has 1 rings (SSSR count). The van der Waals surface area contributed by atoms with Crippen LogP contribution in [0.2, 0.25) is 0 Å². The molecule has 74 valence electrons. The van der Waals surface area contributed by atoms with Crippen LogP contribution in [0.15, 0.2) is 5.16 Å². The van der Waals surface area contributed by atoms with Gasteiger partial charge in [0.05, 0.1) is 12.1 Å². The van der Waals surface area contributed by atoms with Crippen molar-refractivity contribution in [2.75, 3.05) is 0 Å². The molecule has 13 heavy (non-hydrogen) atoms. The molecule has 0 aliphatic heterocycles. The van der Waals surface area contributed by atoms with E-state index < -0.39 is 11.9 Å². The van der Waals surface area contributed by atoms with Crippen LogP contribution in [0, 0.1) is 11.8 Å². The highest BCUT2D eigenvalue weighted by Gasteiger charge is 2.27. The molecule has 1 aliphatic carbocycles. The zero-order chi connectivity index (χ0) is 9.68. The summed E-state index contributed by atoms with van der Waals surface area (Å²) >= 11 is 0. The minimum Gasteiger partial charge on any atom is -0.481 e. The first-order chi connectivity index (χ1) is 6.25. The van der Waals surface area contributed by atoms with Gasteiger partial charge in [0.25, 0.3) is 0 Å². The second-order valence-electron chi connectivity index (χ2n) is 3.53. The number of carboxylic acid groups (broad SMARTS) is 1. The Hall–Kier alpha value is -1.06. The molecule has 0 bridgehead atoms. The van der Waals surface area contributed by atoms with E-state index in [2.05, 4.69) is 5.16 Å². The summed E-state index contributed by atoms with van der Waals surface area (Å²) in [5, 5.41) is 20.0. The molecule has 1 atom stereocenters. The summed E-state index contributed by atoms with van der Waals surface area (Å²) in [7, 11) is 0. The zero-order valence-corrected chi connectivity index (χ0v) is 7.52. The summed E-state index contributed by atoms with van der Waals surface area (Å²) in [6, 6.07) is 0. The molecular weight excluding hydrogens is 170 g/mol. The number of carboxylic acids is 1.